The Labute approximate surface area is 196 Å². The van der Waals surface area contributed by atoms with Crippen molar-refractivity contribution in [1.82, 2.24) is 0 Å². The summed E-state index contributed by atoms with van der Waals surface area (Å²) in [5.41, 5.74) is 6.09. The van der Waals surface area contributed by atoms with Crippen LogP contribution in [0.2, 0.25) is 0 Å². The fourth-order valence-corrected chi connectivity index (χ4v) is 4.43. The molecule has 2 aromatic carbocycles. The first-order valence-corrected chi connectivity index (χ1v) is 10.8. The smallest absolute Gasteiger partial charge is 0.404 e. The summed E-state index contributed by atoms with van der Waals surface area (Å²) in [6, 6.07) is 14.3. The van der Waals surface area contributed by atoms with Crippen LogP contribution in [0.3, 0.4) is 0 Å². The van der Waals surface area contributed by atoms with Crippen LogP contribution >= 0.6 is 0 Å². The molecule has 0 aliphatic carbocycles. The van der Waals surface area contributed by atoms with Gasteiger partial charge in [0.05, 0.1) is 11.2 Å². The third-order valence-electron chi connectivity index (χ3n) is 5.98. The highest BCUT2D eigenvalue weighted by molar-refractivity contribution is 5.87. The second-order valence-electron chi connectivity index (χ2n) is 8.67. The van der Waals surface area contributed by atoms with Gasteiger partial charge in [-0.1, -0.05) is 30.3 Å². The quantitative estimate of drug-likeness (QED) is 0.545. The number of nitrogens with two attached hydrogens (primary N) is 1. The number of aryl methyl sites for hydroxylation is 1. The molecule has 0 saturated carbocycles. The van der Waals surface area contributed by atoms with E-state index in [1.54, 1.807) is 32.0 Å². The molecule has 1 amide bonds. The van der Waals surface area contributed by atoms with Crippen LogP contribution in [0.15, 0.2) is 57.7 Å². The van der Waals surface area contributed by atoms with Gasteiger partial charge < -0.3 is 34.2 Å². The number of hydrogen-bond donors (Lipinski definition) is 2. The maximum absolute atomic E-state index is 12.8. The first kappa shape index (κ1) is 23.7. The average Bonchev–Trinajstić information content (AvgIpc) is 2.77. The monoisotopic (exact) mass is 469 g/mol. The number of benzene rings is 2. The van der Waals surface area contributed by atoms with Crippen LogP contribution in [-0.2, 0) is 14.2 Å². The van der Waals surface area contributed by atoms with E-state index >= 15 is 0 Å². The van der Waals surface area contributed by atoms with E-state index in [9.17, 15) is 14.7 Å². The van der Waals surface area contributed by atoms with Gasteiger partial charge in [0.25, 0.3) is 0 Å². The standard InChI is InChI=1S/C25H27NO8/c1-13-16-11-10-15(12-17(16)32-22(28)18(13)14-8-6-5-7-9-14)31-23-19(27)20(33-24(26)29)21(30-4)25(2,3)34-23/h5-12,19-21,23,27H,1-4H3,(H2,26,29)/t19-,20+,21-,23-/m1/s1. The number of carbonyl (C=O) groups is 1. The van der Waals surface area contributed by atoms with Crippen molar-refractivity contribution in [3.63, 3.8) is 0 Å². The second-order valence-corrected chi connectivity index (χ2v) is 8.67. The Balaban J connectivity index is 1.67. The fraction of sp³-hybridized carbons (Fsp3) is 0.360. The van der Waals surface area contributed by atoms with E-state index in [0.717, 1.165) is 16.5 Å². The SMILES string of the molecule is CO[C@@H]1[C@@H](OC(N)=O)[C@@H](O)[C@H](Oc2ccc3c(C)c(-c4ccccc4)c(=O)oc3c2)OC1(C)C. The number of fused-ring (bicyclic) bond motifs is 1. The third kappa shape index (κ3) is 4.37. The lowest BCUT2D eigenvalue weighted by Gasteiger charge is -2.47. The van der Waals surface area contributed by atoms with Crippen LogP contribution < -0.4 is 16.1 Å². The molecule has 0 unspecified atom stereocenters. The highest BCUT2D eigenvalue weighted by atomic mass is 16.7. The maximum atomic E-state index is 12.8. The molecule has 9 heteroatoms. The molecule has 1 aromatic heterocycles. The molecule has 0 bridgehead atoms. The Morgan fingerprint density at radius 3 is 2.50 bits per heavy atom. The molecule has 180 valence electrons. The van der Waals surface area contributed by atoms with E-state index in [1.807, 2.05) is 37.3 Å². The van der Waals surface area contributed by atoms with E-state index in [-0.39, 0.29) is 5.75 Å². The van der Waals surface area contributed by atoms with Gasteiger partial charge in [0.2, 0.25) is 6.29 Å². The van der Waals surface area contributed by atoms with Crippen molar-refractivity contribution < 1.29 is 33.3 Å². The van der Waals surface area contributed by atoms with Gasteiger partial charge in [-0.3, -0.25) is 0 Å². The predicted octanol–water partition coefficient (Wildman–Crippen LogP) is 3.12. The zero-order valence-corrected chi connectivity index (χ0v) is 19.3. The molecular weight excluding hydrogens is 442 g/mol. The number of aliphatic hydroxyl groups is 1. The van der Waals surface area contributed by atoms with Gasteiger partial charge in [0, 0.05) is 18.6 Å². The molecule has 9 nitrogen and oxygen atoms in total. The lowest BCUT2D eigenvalue weighted by atomic mass is 9.89. The lowest BCUT2D eigenvalue weighted by Crippen LogP contribution is -2.65. The number of carbonyl (C=O) groups excluding carboxylic acids is 1. The Morgan fingerprint density at radius 1 is 1.15 bits per heavy atom. The third-order valence-corrected chi connectivity index (χ3v) is 5.98. The first-order valence-electron chi connectivity index (χ1n) is 10.8. The fourth-order valence-electron chi connectivity index (χ4n) is 4.43. The number of amides is 1. The summed E-state index contributed by atoms with van der Waals surface area (Å²) in [6.45, 7) is 5.29. The Kier molecular flexibility index (Phi) is 6.35. The largest absolute Gasteiger partial charge is 0.462 e. The molecule has 2 heterocycles. The Bertz CT molecular complexity index is 1250. The predicted molar refractivity (Wildman–Crippen MR) is 123 cm³/mol. The van der Waals surface area contributed by atoms with Crippen molar-refractivity contribution in [3.05, 3.63) is 64.5 Å². The summed E-state index contributed by atoms with van der Waals surface area (Å²) in [7, 11) is 1.42. The van der Waals surface area contributed by atoms with E-state index < -0.39 is 41.9 Å². The highest BCUT2D eigenvalue weighted by Crippen LogP contribution is 2.35. The van der Waals surface area contributed by atoms with Gasteiger partial charge in [-0.25, -0.2) is 9.59 Å². The van der Waals surface area contributed by atoms with Crippen molar-refractivity contribution in [2.75, 3.05) is 7.11 Å². The molecule has 3 aromatic rings. The number of aliphatic hydroxyl groups excluding tert-OH is 1. The lowest BCUT2D eigenvalue weighted by molar-refractivity contribution is -0.304. The summed E-state index contributed by atoms with van der Waals surface area (Å²) in [5, 5.41) is 11.5. The summed E-state index contributed by atoms with van der Waals surface area (Å²) in [4.78, 5) is 24.2. The molecule has 34 heavy (non-hydrogen) atoms. The highest BCUT2D eigenvalue weighted by Gasteiger charge is 2.53. The molecule has 1 fully saturated rings. The van der Waals surface area contributed by atoms with E-state index in [4.69, 9.17) is 29.1 Å². The Morgan fingerprint density at radius 2 is 1.85 bits per heavy atom. The van der Waals surface area contributed by atoms with Crippen LogP contribution in [0, 0.1) is 6.92 Å². The topological polar surface area (TPSA) is 130 Å². The van der Waals surface area contributed by atoms with Gasteiger partial charge in [-0.05, 0) is 44.0 Å². The van der Waals surface area contributed by atoms with Gasteiger partial charge in [-0.15, -0.1) is 0 Å². The zero-order valence-electron chi connectivity index (χ0n) is 19.3. The Hall–Kier alpha value is -3.40. The molecule has 1 aliphatic heterocycles. The molecule has 4 atom stereocenters. The van der Waals surface area contributed by atoms with Gasteiger partial charge in [0.15, 0.2) is 12.2 Å². The van der Waals surface area contributed by atoms with Gasteiger partial charge in [-0.2, -0.15) is 0 Å². The molecule has 4 rings (SSSR count). The van der Waals surface area contributed by atoms with Gasteiger partial charge in [0.1, 0.15) is 17.4 Å². The van der Waals surface area contributed by atoms with E-state index in [1.165, 1.54) is 7.11 Å². The van der Waals surface area contributed by atoms with E-state index in [2.05, 4.69) is 0 Å². The van der Waals surface area contributed by atoms with Crippen molar-refractivity contribution in [1.29, 1.82) is 0 Å². The van der Waals surface area contributed by atoms with Crippen molar-refractivity contribution >= 4 is 17.1 Å². The summed E-state index contributed by atoms with van der Waals surface area (Å²) >= 11 is 0. The molecular formula is C25H27NO8. The number of hydrogen-bond acceptors (Lipinski definition) is 8. The normalized spacial score (nSPS) is 24.0. The zero-order chi connectivity index (χ0) is 24.6. The first-order chi connectivity index (χ1) is 16.1. The van der Waals surface area contributed by atoms with Crippen molar-refractivity contribution in [2.24, 2.45) is 5.73 Å². The summed E-state index contributed by atoms with van der Waals surface area (Å²) in [5.74, 6) is 0.288. The maximum Gasteiger partial charge on any atom is 0.404 e. The molecule has 0 spiro atoms. The van der Waals surface area contributed by atoms with Crippen molar-refractivity contribution in [2.45, 2.75) is 51.0 Å². The minimum Gasteiger partial charge on any atom is -0.462 e. The number of ether oxygens (including phenoxy) is 4. The average molecular weight is 469 g/mol. The van der Waals surface area contributed by atoms with Crippen LogP contribution in [0.5, 0.6) is 5.75 Å². The molecule has 1 aliphatic rings. The number of primary amides is 1. The minimum atomic E-state index is -1.39. The number of methoxy groups -OCH3 is 1. The molecule has 1 saturated heterocycles. The van der Waals surface area contributed by atoms with E-state index in [0.29, 0.717) is 11.1 Å². The minimum absolute atomic E-state index is 0.288. The van der Waals surface area contributed by atoms with Crippen LogP contribution in [-0.4, -0.2) is 48.5 Å². The second kappa shape index (κ2) is 9.09. The summed E-state index contributed by atoms with van der Waals surface area (Å²) in [6.07, 6.45) is -5.57. The number of rotatable bonds is 5. The van der Waals surface area contributed by atoms with Crippen LogP contribution in [0.1, 0.15) is 19.4 Å². The van der Waals surface area contributed by atoms with Gasteiger partial charge >= 0.3 is 11.7 Å². The molecule has 3 N–H and O–H groups in total. The summed E-state index contributed by atoms with van der Waals surface area (Å²) < 4.78 is 27.9. The van der Waals surface area contributed by atoms with Crippen molar-refractivity contribution in [3.8, 4) is 16.9 Å². The van der Waals surface area contributed by atoms with Crippen LogP contribution in [0.4, 0.5) is 4.79 Å². The molecule has 0 radical (unpaired) electrons. The van der Waals surface area contributed by atoms with Crippen LogP contribution in [0.25, 0.3) is 22.1 Å².